The van der Waals surface area contributed by atoms with E-state index in [1.807, 2.05) is 0 Å². The standard InChI is InChI=1S/C14H24N2O3/c17-13(6-3-10-2-1-7-15-9-10)16-12(8-14(18)19)11-4-5-11/h10-12,15H,1-9H2,(H,16,17)(H,18,19). The van der Waals surface area contributed by atoms with Gasteiger partial charge in [-0.3, -0.25) is 9.59 Å². The topological polar surface area (TPSA) is 78.4 Å². The van der Waals surface area contributed by atoms with Gasteiger partial charge in [-0.05, 0) is 57.0 Å². The molecule has 0 aromatic rings. The monoisotopic (exact) mass is 268 g/mol. The predicted molar refractivity (Wildman–Crippen MR) is 71.7 cm³/mol. The minimum atomic E-state index is -0.825. The van der Waals surface area contributed by atoms with Crippen LogP contribution in [0.1, 0.15) is 44.9 Å². The molecule has 1 amide bonds. The highest BCUT2D eigenvalue weighted by Crippen LogP contribution is 2.34. The van der Waals surface area contributed by atoms with Gasteiger partial charge in [0.1, 0.15) is 0 Å². The van der Waals surface area contributed by atoms with Crippen LogP contribution in [-0.4, -0.2) is 36.1 Å². The van der Waals surface area contributed by atoms with Gasteiger partial charge >= 0.3 is 5.97 Å². The van der Waals surface area contributed by atoms with Crippen LogP contribution >= 0.6 is 0 Å². The van der Waals surface area contributed by atoms with E-state index < -0.39 is 5.97 Å². The van der Waals surface area contributed by atoms with E-state index in [1.54, 1.807) is 0 Å². The lowest BCUT2D eigenvalue weighted by Gasteiger charge is -2.23. The van der Waals surface area contributed by atoms with Crippen LogP contribution in [0.5, 0.6) is 0 Å². The third kappa shape index (κ3) is 5.19. The zero-order valence-corrected chi connectivity index (χ0v) is 11.4. The summed E-state index contributed by atoms with van der Waals surface area (Å²) in [5, 5.41) is 15.1. The number of rotatable bonds is 7. The molecule has 0 aromatic heterocycles. The molecule has 2 unspecified atom stereocenters. The SMILES string of the molecule is O=C(O)CC(NC(=O)CCC1CCCNC1)C1CC1. The Hall–Kier alpha value is -1.10. The van der Waals surface area contributed by atoms with Gasteiger partial charge in [0, 0.05) is 12.5 Å². The average Bonchev–Trinajstić information content (AvgIpc) is 3.20. The zero-order chi connectivity index (χ0) is 13.7. The molecule has 19 heavy (non-hydrogen) atoms. The smallest absolute Gasteiger partial charge is 0.305 e. The second-order valence-electron chi connectivity index (χ2n) is 5.86. The zero-order valence-electron chi connectivity index (χ0n) is 11.4. The molecule has 0 aromatic carbocycles. The van der Waals surface area contributed by atoms with Crippen LogP contribution in [0.2, 0.25) is 0 Å². The summed E-state index contributed by atoms with van der Waals surface area (Å²) in [6, 6.07) is -0.158. The van der Waals surface area contributed by atoms with E-state index in [4.69, 9.17) is 5.11 Å². The fourth-order valence-corrected chi connectivity index (χ4v) is 2.81. The number of carbonyl (C=O) groups excluding carboxylic acids is 1. The van der Waals surface area contributed by atoms with Gasteiger partial charge in [0.25, 0.3) is 0 Å². The molecule has 3 N–H and O–H groups in total. The van der Waals surface area contributed by atoms with Crippen LogP contribution in [0, 0.1) is 11.8 Å². The summed E-state index contributed by atoms with van der Waals surface area (Å²) in [7, 11) is 0. The Kier molecular flexibility index (Phi) is 5.19. The number of aliphatic carboxylic acids is 1. The van der Waals surface area contributed by atoms with E-state index in [0.717, 1.165) is 32.4 Å². The van der Waals surface area contributed by atoms with Gasteiger partial charge in [0.2, 0.25) is 5.91 Å². The first-order valence-corrected chi connectivity index (χ1v) is 7.37. The first-order chi connectivity index (χ1) is 9.15. The lowest BCUT2D eigenvalue weighted by atomic mass is 9.94. The Morgan fingerprint density at radius 1 is 1.32 bits per heavy atom. The number of hydrogen-bond donors (Lipinski definition) is 3. The molecular weight excluding hydrogens is 244 g/mol. The average molecular weight is 268 g/mol. The molecule has 0 radical (unpaired) electrons. The van der Waals surface area contributed by atoms with Gasteiger partial charge in [0.15, 0.2) is 0 Å². The maximum Gasteiger partial charge on any atom is 0.305 e. The summed E-state index contributed by atoms with van der Waals surface area (Å²) in [5.74, 6) is 0.173. The maximum atomic E-state index is 11.9. The highest BCUT2D eigenvalue weighted by Gasteiger charge is 2.33. The molecule has 2 atom stereocenters. The molecule has 2 aliphatic rings. The molecule has 5 nitrogen and oxygen atoms in total. The minimum absolute atomic E-state index is 0.0173. The van der Waals surface area contributed by atoms with Crippen molar-refractivity contribution in [3.05, 3.63) is 0 Å². The number of carbonyl (C=O) groups is 2. The van der Waals surface area contributed by atoms with Gasteiger partial charge in [-0.2, -0.15) is 0 Å². The Bertz CT molecular complexity index is 323. The molecule has 2 rings (SSSR count). The van der Waals surface area contributed by atoms with E-state index in [2.05, 4.69) is 10.6 Å². The van der Waals surface area contributed by atoms with E-state index in [-0.39, 0.29) is 18.4 Å². The van der Waals surface area contributed by atoms with Crippen LogP contribution in [0.3, 0.4) is 0 Å². The van der Waals surface area contributed by atoms with E-state index >= 15 is 0 Å². The van der Waals surface area contributed by atoms with Gasteiger partial charge in [0.05, 0.1) is 6.42 Å². The number of hydrogen-bond acceptors (Lipinski definition) is 3. The maximum absolute atomic E-state index is 11.9. The lowest BCUT2D eigenvalue weighted by Crippen LogP contribution is -2.38. The van der Waals surface area contributed by atoms with Crippen LogP contribution < -0.4 is 10.6 Å². The molecule has 1 saturated heterocycles. The van der Waals surface area contributed by atoms with Crippen molar-refractivity contribution < 1.29 is 14.7 Å². The molecule has 5 heteroatoms. The van der Waals surface area contributed by atoms with Crippen molar-refractivity contribution in [1.82, 2.24) is 10.6 Å². The van der Waals surface area contributed by atoms with Crippen molar-refractivity contribution in [1.29, 1.82) is 0 Å². The summed E-state index contributed by atoms with van der Waals surface area (Å²) in [6.45, 7) is 2.10. The first-order valence-electron chi connectivity index (χ1n) is 7.37. The quantitative estimate of drug-likeness (QED) is 0.647. The Morgan fingerprint density at radius 2 is 2.11 bits per heavy atom. The highest BCUT2D eigenvalue weighted by atomic mass is 16.4. The summed E-state index contributed by atoms with van der Waals surface area (Å²) >= 11 is 0. The number of carboxylic acid groups (broad SMARTS) is 1. The third-order valence-corrected chi connectivity index (χ3v) is 4.11. The predicted octanol–water partition coefficient (Wildman–Crippen LogP) is 1.14. The summed E-state index contributed by atoms with van der Waals surface area (Å²) in [6.07, 6.45) is 5.97. The summed E-state index contributed by atoms with van der Waals surface area (Å²) in [4.78, 5) is 22.7. The fourth-order valence-electron chi connectivity index (χ4n) is 2.81. The van der Waals surface area contributed by atoms with Gasteiger partial charge in [-0.15, -0.1) is 0 Å². The Morgan fingerprint density at radius 3 is 2.68 bits per heavy atom. The van der Waals surface area contributed by atoms with Crippen molar-refractivity contribution in [3.63, 3.8) is 0 Å². The summed E-state index contributed by atoms with van der Waals surface area (Å²) in [5.41, 5.74) is 0. The third-order valence-electron chi connectivity index (χ3n) is 4.11. The second-order valence-corrected chi connectivity index (χ2v) is 5.86. The van der Waals surface area contributed by atoms with E-state index in [1.165, 1.54) is 12.8 Å². The fraction of sp³-hybridized carbons (Fsp3) is 0.857. The lowest BCUT2D eigenvalue weighted by molar-refractivity contribution is -0.137. The Labute approximate surface area is 114 Å². The van der Waals surface area contributed by atoms with Gasteiger partial charge in [-0.1, -0.05) is 0 Å². The largest absolute Gasteiger partial charge is 0.481 e. The molecule has 1 heterocycles. The molecule has 1 aliphatic heterocycles. The number of piperidine rings is 1. The molecule has 0 spiro atoms. The number of carboxylic acids is 1. The Balaban J connectivity index is 1.68. The first kappa shape index (κ1) is 14.3. The summed E-state index contributed by atoms with van der Waals surface area (Å²) < 4.78 is 0. The highest BCUT2D eigenvalue weighted by molar-refractivity contribution is 5.77. The van der Waals surface area contributed by atoms with E-state index in [9.17, 15) is 9.59 Å². The molecule has 1 saturated carbocycles. The van der Waals surface area contributed by atoms with Crippen molar-refractivity contribution >= 4 is 11.9 Å². The van der Waals surface area contributed by atoms with Crippen molar-refractivity contribution in [2.75, 3.05) is 13.1 Å². The normalized spacial score (nSPS) is 24.7. The van der Waals surface area contributed by atoms with Crippen LogP contribution in [0.4, 0.5) is 0 Å². The second kappa shape index (κ2) is 6.89. The van der Waals surface area contributed by atoms with Crippen molar-refractivity contribution in [2.24, 2.45) is 11.8 Å². The molecular formula is C14H24N2O3. The number of nitrogens with one attached hydrogen (secondary N) is 2. The number of amides is 1. The minimum Gasteiger partial charge on any atom is -0.481 e. The van der Waals surface area contributed by atoms with Crippen LogP contribution in [0.15, 0.2) is 0 Å². The van der Waals surface area contributed by atoms with Crippen LogP contribution in [-0.2, 0) is 9.59 Å². The van der Waals surface area contributed by atoms with Gasteiger partial charge in [-0.25, -0.2) is 0 Å². The van der Waals surface area contributed by atoms with Crippen molar-refractivity contribution in [2.45, 2.75) is 51.0 Å². The van der Waals surface area contributed by atoms with Crippen molar-refractivity contribution in [3.8, 4) is 0 Å². The van der Waals surface area contributed by atoms with E-state index in [0.29, 0.717) is 18.3 Å². The molecule has 2 fully saturated rings. The molecule has 108 valence electrons. The molecule has 0 bridgehead atoms. The van der Waals surface area contributed by atoms with Gasteiger partial charge < -0.3 is 15.7 Å². The van der Waals surface area contributed by atoms with Crippen LogP contribution in [0.25, 0.3) is 0 Å². The molecule has 1 aliphatic carbocycles.